The molecule has 0 aliphatic heterocycles. The Morgan fingerprint density at radius 2 is 2.06 bits per heavy atom. The summed E-state index contributed by atoms with van der Waals surface area (Å²) in [5.74, 6) is 1.60. The molecule has 1 saturated carbocycles. The first-order valence-corrected chi connectivity index (χ1v) is 12.7. The fraction of sp³-hybridized carbons (Fsp3) is 0.519. The van der Waals surface area contributed by atoms with Crippen LogP contribution in [0.3, 0.4) is 0 Å². The molecule has 1 fully saturated rings. The third-order valence-corrected chi connectivity index (χ3v) is 6.68. The van der Waals surface area contributed by atoms with Crippen molar-refractivity contribution >= 4 is 28.4 Å². The topological polar surface area (TPSA) is 115 Å². The average Bonchev–Trinajstić information content (AvgIpc) is 3.48. The van der Waals surface area contributed by atoms with Gasteiger partial charge in [-0.05, 0) is 50.9 Å². The number of aliphatic imine (C=N–C) groups is 1. The van der Waals surface area contributed by atoms with Crippen LogP contribution < -0.4 is 5.73 Å². The molecule has 3 heterocycles. The van der Waals surface area contributed by atoms with Gasteiger partial charge in [-0.3, -0.25) is 4.68 Å². The van der Waals surface area contributed by atoms with Crippen molar-refractivity contribution in [1.29, 1.82) is 0 Å². The summed E-state index contributed by atoms with van der Waals surface area (Å²) >= 11 is 0. The van der Waals surface area contributed by atoms with Crippen LogP contribution in [0.1, 0.15) is 77.5 Å². The Kier molecular flexibility index (Phi) is 7.90. The average molecular weight is 476 g/mol. The van der Waals surface area contributed by atoms with Gasteiger partial charge in [0.15, 0.2) is 11.6 Å². The van der Waals surface area contributed by atoms with Gasteiger partial charge in [0.2, 0.25) is 0 Å². The summed E-state index contributed by atoms with van der Waals surface area (Å²) < 4.78 is 2.07. The molecule has 0 radical (unpaired) electrons. The molecule has 0 saturated heterocycles. The molecule has 8 nitrogen and oxygen atoms in total. The van der Waals surface area contributed by atoms with Gasteiger partial charge in [-0.25, -0.2) is 19.9 Å². The number of aliphatic hydroxyl groups excluding tert-OH is 1. The van der Waals surface area contributed by atoms with Crippen LogP contribution in [0, 0.1) is 5.92 Å². The molecule has 0 bridgehead atoms. The van der Waals surface area contributed by atoms with Crippen LogP contribution in [0.25, 0.3) is 22.2 Å². The zero-order chi connectivity index (χ0) is 24.9. The van der Waals surface area contributed by atoms with Crippen LogP contribution in [0.2, 0.25) is 0 Å². The molecule has 0 amide bonds. The normalized spacial score (nSPS) is 18.1. The van der Waals surface area contributed by atoms with E-state index in [0.29, 0.717) is 47.5 Å². The largest absolute Gasteiger partial charge is 0.393 e. The first-order chi connectivity index (χ1) is 16.9. The number of aromatic nitrogens is 5. The van der Waals surface area contributed by atoms with E-state index < -0.39 is 0 Å². The van der Waals surface area contributed by atoms with E-state index in [-0.39, 0.29) is 6.10 Å². The summed E-state index contributed by atoms with van der Waals surface area (Å²) in [5, 5.41) is 14.6. The second-order valence-electron chi connectivity index (χ2n) is 9.88. The van der Waals surface area contributed by atoms with Crippen LogP contribution in [0.5, 0.6) is 0 Å². The number of nitrogens with zero attached hydrogens (tertiary/aromatic N) is 6. The zero-order valence-corrected chi connectivity index (χ0v) is 21.1. The molecule has 0 spiro atoms. The van der Waals surface area contributed by atoms with Crippen LogP contribution in [-0.4, -0.2) is 41.7 Å². The minimum atomic E-state index is -0.321. The molecule has 3 N–H and O–H groups in total. The maximum atomic E-state index is 9.92. The molecule has 1 aliphatic rings. The van der Waals surface area contributed by atoms with Gasteiger partial charge in [0.05, 0.1) is 24.0 Å². The highest BCUT2D eigenvalue weighted by Crippen LogP contribution is 2.33. The Balaban J connectivity index is 1.75. The lowest BCUT2D eigenvalue weighted by molar-refractivity contribution is 0.188. The Morgan fingerprint density at radius 1 is 1.23 bits per heavy atom. The molecule has 1 aliphatic carbocycles. The number of nitrogen functional groups attached to an aromatic ring is 1. The molecule has 3 aromatic rings. The minimum Gasteiger partial charge on any atom is -0.393 e. The van der Waals surface area contributed by atoms with E-state index in [9.17, 15) is 5.11 Å². The predicted octanol–water partition coefficient (Wildman–Crippen LogP) is 5.59. The van der Waals surface area contributed by atoms with Gasteiger partial charge < -0.3 is 10.8 Å². The summed E-state index contributed by atoms with van der Waals surface area (Å²) in [6.07, 6.45) is 14.3. The van der Waals surface area contributed by atoms with Gasteiger partial charge in [-0.2, -0.15) is 5.10 Å². The van der Waals surface area contributed by atoms with Crippen molar-refractivity contribution in [3.8, 4) is 11.1 Å². The van der Waals surface area contributed by atoms with E-state index in [2.05, 4.69) is 36.3 Å². The standard InChI is InChI=1S/C27H37N7O/c1-5-7-8-20(11-9-17(3)4)34-16-18(14-30-34)22-15-29-26(28)25-24(22)33-27(23(6-2)32-25)31-19-10-12-21(35)13-19/h5,14-17,20-21,35H,1,6-13H2,2-4H3,(H2,28,29)/t20?,21-/m0/s1. The van der Waals surface area contributed by atoms with Crippen molar-refractivity contribution in [3.63, 3.8) is 0 Å². The monoisotopic (exact) mass is 475 g/mol. The number of anilines is 1. The van der Waals surface area contributed by atoms with Crippen LogP contribution >= 0.6 is 0 Å². The van der Waals surface area contributed by atoms with Crippen molar-refractivity contribution in [2.75, 3.05) is 5.73 Å². The Labute approximate surface area is 207 Å². The molecule has 0 aromatic carbocycles. The third kappa shape index (κ3) is 5.75. The zero-order valence-electron chi connectivity index (χ0n) is 21.1. The maximum Gasteiger partial charge on any atom is 0.174 e. The number of nitrogens with two attached hydrogens (primary N) is 1. The predicted molar refractivity (Wildman–Crippen MR) is 142 cm³/mol. The molecule has 1 unspecified atom stereocenters. The Hall–Kier alpha value is -3.13. The number of aryl methyl sites for hydroxylation is 1. The first kappa shape index (κ1) is 25.0. The number of rotatable bonds is 10. The summed E-state index contributed by atoms with van der Waals surface area (Å²) in [7, 11) is 0. The highest BCUT2D eigenvalue weighted by atomic mass is 16.3. The van der Waals surface area contributed by atoms with E-state index >= 15 is 0 Å². The third-order valence-electron chi connectivity index (χ3n) is 6.68. The first-order valence-electron chi connectivity index (χ1n) is 12.7. The Morgan fingerprint density at radius 3 is 2.74 bits per heavy atom. The van der Waals surface area contributed by atoms with Gasteiger partial charge >= 0.3 is 0 Å². The van der Waals surface area contributed by atoms with Gasteiger partial charge in [0.1, 0.15) is 11.0 Å². The Bertz CT molecular complexity index is 1210. The summed E-state index contributed by atoms with van der Waals surface area (Å²) in [6.45, 7) is 10.4. The van der Waals surface area contributed by atoms with Crippen molar-refractivity contribution in [2.24, 2.45) is 10.9 Å². The molecule has 35 heavy (non-hydrogen) atoms. The fourth-order valence-corrected chi connectivity index (χ4v) is 4.60. The van der Waals surface area contributed by atoms with Crippen molar-refractivity contribution < 1.29 is 5.11 Å². The molecule has 3 aromatic heterocycles. The van der Waals surface area contributed by atoms with Gasteiger partial charge in [0, 0.05) is 35.7 Å². The van der Waals surface area contributed by atoms with Crippen molar-refractivity contribution in [3.05, 3.63) is 36.9 Å². The highest BCUT2D eigenvalue weighted by molar-refractivity contribution is 5.97. The number of hydrogen-bond donors (Lipinski definition) is 2. The number of hydrogen-bond acceptors (Lipinski definition) is 7. The summed E-state index contributed by atoms with van der Waals surface area (Å²) in [6, 6.07) is 0.311. The fourth-order valence-electron chi connectivity index (χ4n) is 4.60. The van der Waals surface area contributed by atoms with Crippen LogP contribution in [-0.2, 0) is 6.42 Å². The van der Waals surface area contributed by atoms with E-state index in [4.69, 9.17) is 25.8 Å². The van der Waals surface area contributed by atoms with E-state index in [0.717, 1.165) is 61.1 Å². The second kappa shape index (κ2) is 11.1. The van der Waals surface area contributed by atoms with E-state index in [1.165, 1.54) is 0 Å². The lowest BCUT2D eigenvalue weighted by atomic mass is 10.00. The lowest BCUT2D eigenvalue weighted by Crippen LogP contribution is -2.10. The van der Waals surface area contributed by atoms with Gasteiger partial charge in [0.25, 0.3) is 0 Å². The van der Waals surface area contributed by atoms with E-state index in [1.54, 1.807) is 6.20 Å². The summed E-state index contributed by atoms with van der Waals surface area (Å²) in [5.41, 5.74) is 11.0. The molecular formula is C27H37N7O. The number of pyridine rings is 1. The number of fused-ring (bicyclic) bond motifs is 1. The number of aliphatic hydroxyl groups is 1. The molecule has 4 rings (SSSR count). The molecule has 186 valence electrons. The van der Waals surface area contributed by atoms with Crippen molar-refractivity contribution in [1.82, 2.24) is 24.7 Å². The van der Waals surface area contributed by atoms with Crippen LogP contribution in [0.4, 0.5) is 11.6 Å². The molecule has 2 atom stereocenters. The van der Waals surface area contributed by atoms with E-state index in [1.807, 2.05) is 19.2 Å². The second-order valence-corrected chi connectivity index (χ2v) is 9.88. The smallest absolute Gasteiger partial charge is 0.174 e. The van der Waals surface area contributed by atoms with Crippen molar-refractivity contribution in [2.45, 2.75) is 84.3 Å². The summed E-state index contributed by atoms with van der Waals surface area (Å²) in [4.78, 5) is 19.0. The van der Waals surface area contributed by atoms with Gasteiger partial charge in [-0.15, -0.1) is 6.58 Å². The lowest BCUT2D eigenvalue weighted by Gasteiger charge is -2.18. The van der Waals surface area contributed by atoms with Crippen LogP contribution in [0.15, 0.2) is 36.2 Å². The quantitative estimate of drug-likeness (QED) is 0.369. The minimum absolute atomic E-state index is 0.311. The van der Waals surface area contributed by atoms with Gasteiger partial charge in [-0.1, -0.05) is 26.8 Å². The maximum absolute atomic E-state index is 9.92. The SMILES string of the molecule is C=CCCC(CCC(C)C)n1cc(-c2cnc(N)c3nc(CC)c(N=C4CC[C@H](O)C4)nc23)cn1. The highest BCUT2D eigenvalue weighted by Gasteiger charge is 2.21. The molecular weight excluding hydrogens is 438 g/mol. The molecule has 8 heteroatoms. The number of allylic oxidation sites excluding steroid dienone is 1.